The quantitative estimate of drug-likeness (QED) is 0.543. The maximum absolute atomic E-state index is 11.0. The molecule has 0 aromatic carbocycles. The highest BCUT2D eigenvalue weighted by Gasteiger charge is 2.02. The van der Waals surface area contributed by atoms with Crippen molar-refractivity contribution in [1.29, 1.82) is 0 Å². The molecule has 0 aliphatic carbocycles. The van der Waals surface area contributed by atoms with Crippen LogP contribution in [0.15, 0.2) is 11.1 Å². The third kappa shape index (κ3) is 1.17. The summed E-state index contributed by atoms with van der Waals surface area (Å²) in [6.07, 6.45) is 1.39. The van der Waals surface area contributed by atoms with Gasteiger partial charge in [-0.05, 0) is 11.6 Å². The second-order valence-corrected chi connectivity index (χ2v) is 2.32. The van der Waals surface area contributed by atoms with Crippen LogP contribution in [-0.2, 0) is 0 Å². The molecule has 0 fully saturated rings. The van der Waals surface area contributed by atoms with E-state index in [-0.39, 0.29) is 16.3 Å². The molecule has 0 saturated heterocycles. The van der Waals surface area contributed by atoms with Crippen LogP contribution < -0.4 is 5.56 Å². The van der Waals surface area contributed by atoms with E-state index in [0.717, 1.165) is 0 Å². The van der Waals surface area contributed by atoms with Crippen LogP contribution >= 0.6 is 11.6 Å². The Labute approximate surface area is 70.9 Å². The first-order valence-corrected chi connectivity index (χ1v) is 3.24. The van der Waals surface area contributed by atoms with Crippen LogP contribution in [0.3, 0.4) is 0 Å². The van der Waals surface area contributed by atoms with Crippen molar-refractivity contribution in [3.05, 3.63) is 22.0 Å². The molecule has 2 heterocycles. The van der Waals surface area contributed by atoms with Gasteiger partial charge in [0, 0.05) is 0 Å². The first-order valence-electron chi connectivity index (χ1n) is 2.86. The monoisotopic (exact) mass is 188 g/mol. The van der Waals surface area contributed by atoms with Crippen molar-refractivity contribution in [2.45, 2.75) is 0 Å². The molecule has 0 atom stereocenters. The third-order valence-electron chi connectivity index (χ3n) is 1.27. The summed E-state index contributed by atoms with van der Waals surface area (Å²) in [6, 6.07) is 0. The summed E-state index contributed by atoms with van der Waals surface area (Å²) in [5.74, 6) is 0. The van der Waals surface area contributed by atoms with Gasteiger partial charge in [0.2, 0.25) is 5.28 Å². The number of aromatic nitrogens is 4. The van der Waals surface area contributed by atoms with Gasteiger partial charge in [-0.3, -0.25) is 9.78 Å². The van der Waals surface area contributed by atoms with Gasteiger partial charge < -0.3 is 10.5 Å². The fourth-order valence-corrected chi connectivity index (χ4v) is 0.982. The lowest BCUT2D eigenvalue weighted by Gasteiger charge is -1.87. The molecule has 0 unspecified atom stereocenters. The Bertz CT molecular complexity index is 448. The topological polar surface area (TPSA) is 106 Å². The lowest BCUT2D eigenvalue weighted by molar-refractivity contribution is 0.824. The molecular weight excluding hydrogens is 184 g/mol. The predicted octanol–water partition coefficient (Wildman–Crippen LogP) is -0.525. The number of fused-ring (bicyclic) bond motifs is 1. The van der Waals surface area contributed by atoms with Gasteiger partial charge in [-0.15, -0.1) is 0 Å². The van der Waals surface area contributed by atoms with Gasteiger partial charge in [-0.25, -0.2) is 4.98 Å². The summed E-state index contributed by atoms with van der Waals surface area (Å²) < 4.78 is 0. The van der Waals surface area contributed by atoms with E-state index in [1.807, 2.05) is 0 Å². The minimum absolute atomic E-state index is 0. The molecule has 6 nitrogen and oxygen atoms in total. The Balaban J connectivity index is 0.000000720. The van der Waals surface area contributed by atoms with Crippen LogP contribution in [0.25, 0.3) is 11.2 Å². The number of H-pyrrole nitrogens is 2. The van der Waals surface area contributed by atoms with E-state index in [9.17, 15) is 4.79 Å². The van der Waals surface area contributed by atoms with Crippen molar-refractivity contribution in [3.8, 4) is 0 Å². The van der Waals surface area contributed by atoms with Gasteiger partial charge in [0.25, 0.3) is 5.56 Å². The van der Waals surface area contributed by atoms with Gasteiger partial charge in [0.1, 0.15) is 0 Å². The molecule has 0 radical (unpaired) electrons. The van der Waals surface area contributed by atoms with Crippen molar-refractivity contribution < 1.29 is 5.48 Å². The zero-order valence-electron chi connectivity index (χ0n) is 5.76. The van der Waals surface area contributed by atoms with Crippen LogP contribution in [0.4, 0.5) is 0 Å². The zero-order chi connectivity index (χ0) is 7.84. The van der Waals surface area contributed by atoms with Crippen LogP contribution in [0.1, 0.15) is 0 Å². The first kappa shape index (κ1) is 8.69. The molecule has 0 aliphatic heterocycles. The van der Waals surface area contributed by atoms with E-state index in [1.165, 1.54) is 6.33 Å². The largest absolute Gasteiger partial charge is 0.412 e. The molecule has 2 aromatic rings. The summed E-state index contributed by atoms with van der Waals surface area (Å²) in [5.41, 5.74) is 0.366. The summed E-state index contributed by atoms with van der Waals surface area (Å²) in [7, 11) is 0. The van der Waals surface area contributed by atoms with Crippen LogP contribution in [0, 0.1) is 0 Å². The number of halogens is 1. The number of imidazole rings is 1. The van der Waals surface area contributed by atoms with Gasteiger partial charge in [-0.2, -0.15) is 4.98 Å². The first-order chi connectivity index (χ1) is 5.27. The number of hydrogen-bond donors (Lipinski definition) is 2. The van der Waals surface area contributed by atoms with Crippen molar-refractivity contribution in [2.24, 2.45) is 0 Å². The van der Waals surface area contributed by atoms with Crippen molar-refractivity contribution in [1.82, 2.24) is 19.9 Å². The standard InChI is InChI=1S/C5H3ClN4O.H2O/c6-5-9-3-2(4(11)10-5)7-1-8-3;/h1H,(H2,7,8,9,10,11);1H2. The highest BCUT2D eigenvalue weighted by atomic mass is 35.5. The number of nitrogens with one attached hydrogen (secondary N) is 2. The molecular formula is C5H5ClN4O2. The zero-order valence-corrected chi connectivity index (χ0v) is 6.51. The molecule has 0 saturated carbocycles. The molecule has 4 N–H and O–H groups in total. The molecule has 64 valence electrons. The Morgan fingerprint density at radius 2 is 2.25 bits per heavy atom. The molecule has 2 aromatic heterocycles. The average Bonchev–Trinajstić information content (AvgIpc) is 2.34. The fourth-order valence-electron chi connectivity index (χ4n) is 0.816. The Morgan fingerprint density at radius 1 is 1.50 bits per heavy atom. The maximum atomic E-state index is 11.0. The smallest absolute Gasteiger partial charge is 0.277 e. The van der Waals surface area contributed by atoms with Gasteiger partial charge >= 0.3 is 0 Å². The molecule has 0 bridgehead atoms. The second-order valence-electron chi connectivity index (χ2n) is 1.96. The number of rotatable bonds is 0. The fraction of sp³-hybridized carbons (Fsp3) is 0. The Kier molecular flexibility index (Phi) is 2.11. The summed E-state index contributed by atoms with van der Waals surface area (Å²) in [4.78, 5) is 23.5. The summed E-state index contributed by atoms with van der Waals surface area (Å²) in [6.45, 7) is 0. The van der Waals surface area contributed by atoms with Crippen LogP contribution in [0.5, 0.6) is 0 Å². The summed E-state index contributed by atoms with van der Waals surface area (Å²) >= 11 is 5.46. The number of nitrogens with zero attached hydrogens (tertiary/aromatic N) is 2. The maximum Gasteiger partial charge on any atom is 0.277 e. The van der Waals surface area contributed by atoms with E-state index in [4.69, 9.17) is 11.6 Å². The minimum Gasteiger partial charge on any atom is -0.412 e. The van der Waals surface area contributed by atoms with Crippen molar-refractivity contribution in [3.63, 3.8) is 0 Å². The van der Waals surface area contributed by atoms with E-state index in [0.29, 0.717) is 11.2 Å². The van der Waals surface area contributed by atoms with Crippen LogP contribution in [-0.4, -0.2) is 25.4 Å². The molecule has 0 aliphatic rings. The highest BCUT2D eigenvalue weighted by Crippen LogP contribution is 2.02. The van der Waals surface area contributed by atoms with Crippen molar-refractivity contribution >= 4 is 22.8 Å². The van der Waals surface area contributed by atoms with Gasteiger partial charge in [0.05, 0.1) is 6.33 Å². The Morgan fingerprint density at radius 3 is 3.00 bits per heavy atom. The molecule has 2 rings (SSSR count). The third-order valence-corrected chi connectivity index (χ3v) is 1.45. The number of hydrogen-bond acceptors (Lipinski definition) is 3. The van der Waals surface area contributed by atoms with Gasteiger partial charge in [0.15, 0.2) is 11.2 Å². The highest BCUT2D eigenvalue weighted by molar-refractivity contribution is 6.28. The van der Waals surface area contributed by atoms with E-state index in [2.05, 4.69) is 19.9 Å². The number of aromatic amines is 2. The molecule has 7 heteroatoms. The van der Waals surface area contributed by atoms with Crippen LogP contribution in [0.2, 0.25) is 5.28 Å². The van der Waals surface area contributed by atoms with E-state index >= 15 is 0 Å². The van der Waals surface area contributed by atoms with Gasteiger partial charge in [-0.1, -0.05) is 0 Å². The lowest BCUT2D eigenvalue weighted by Crippen LogP contribution is -2.07. The molecule has 12 heavy (non-hydrogen) atoms. The van der Waals surface area contributed by atoms with E-state index < -0.39 is 0 Å². The normalized spacial score (nSPS) is 9.75. The molecule has 0 spiro atoms. The van der Waals surface area contributed by atoms with E-state index in [1.54, 1.807) is 0 Å². The average molecular weight is 189 g/mol. The predicted molar refractivity (Wildman–Crippen MR) is 43.1 cm³/mol. The Hall–Kier alpha value is -1.40. The second kappa shape index (κ2) is 2.92. The van der Waals surface area contributed by atoms with Crippen molar-refractivity contribution in [2.75, 3.05) is 0 Å². The minimum atomic E-state index is -0.308. The molecule has 0 amide bonds. The SMILES string of the molecule is O.O=c1[nH]c(Cl)nc2nc[nH]c12. The lowest BCUT2D eigenvalue weighted by atomic mass is 10.6. The summed E-state index contributed by atoms with van der Waals surface area (Å²) in [5, 5.41) is 0.0506.